The lowest BCUT2D eigenvalue weighted by atomic mass is 10.1. The lowest BCUT2D eigenvalue weighted by molar-refractivity contribution is -0.114. The van der Waals surface area contributed by atoms with Crippen molar-refractivity contribution in [2.75, 3.05) is 18.2 Å². The van der Waals surface area contributed by atoms with E-state index in [1.807, 2.05) is 6.26 Å². The van der Waals surface area contributed by atoms with E-state index in [2.05, 4.69) is 10.3 Å². The number of aromatic nitrogens is 1. The molecule has 0 bridgehead atoms. The molecule has 0 aliphatic carbocycles. The predicted molar refractivity (Wildman–Crippen MR) is 109 cm³/mol. The van der Waals surface area contributed by atoms with Gasteiger partial charge in [-0.1, -0.05) is 18.2 Å². The summed E-state index contributed by atoms with van der Waals surface area (Å²) in [5.74, 6) is -0.616. The summed E-state index contributed by atoms with van der Waals surface area (Å²) < 4.78 is 10.3. The van der Waals surface area contributed by atoms with E-state index >= 15 is 0 Å². The Balaban J connectivity index is 1.64. The SMILES string of the molecule is CSc1ccc(C(=O)COC(=O)c2ccc(-c3cnco3)cc2)cc1NC(C)=O. The Labute approximate surface area is 171 Å². The maximum absolute atomic E-state index is 12.4. The Hall–Kier alpha value is -3.39. The number of anilines is 1. The number of oxazole rings is 1. The topological polar surface area (TPSA) is 98.5 Å². The second-order valence-electron chi connectivity index (χ2n) is 6.04. The van der Waals surface area contributed by atoms with Crippen LogP contribution in [0.5, 0.6) is 0 Å². The van der Waals surface area contributed by atoms with Crippen molar-refractivity contribution in [3.05, 3.63) is 66.2 Å². The van der Waals surface area contributed by atoms with Gasteiger partial charge in [-0.2, -0.15) is 0 Å². The van der Waals surface area contributed by atoms with Gasteiger partial charge in [-0.3, -0.25) is 9.59 Å². The van der Waals surface area contributed by atoms with Crippen LogP contribution in [0.4, 0.5) is 5.69 Å². The Morgan fingerprint density at radius 2 is 1.83 bits per heavy atom. The molecule has 29 heavy (non-hydrogen) atoms. The fraction of sp³-hybridized carbons (Fsp3) is 0.143. The molecule has 1 heterocycles. The maximum atomic E-state index is 12.4. The minimum atomic E-state index is -0.606. The number of hydrogen-bond acceptors (Lipinski definition) is 7. The number of Topliss-reactive ketones (excluding diaryl/α,β-unsaturated/α-hetero) is 1. The number of nitrogens with zero attached hydrogens (tertiary/aromatic N) is 1. The van der Waals surface area contributed by atoms with Gasteiger partial charge in [-0.25, -0.2) is 9.78 Å². The van der Waals surface area contributed by atoms with Crippen LogP contribution >= 0.6 is 11.8 Å². The summed E-state index contributed by atoms with van der Waals surface area (Å²) in [6, 6.07) is 11.6. The normalized spacial score (nSPS) is 10.4. The number of carbonyl (C=O) groups excluding carboxylic acids is 3. The molecule has 0 aliphatic rings. The number of hydrogen-bond donors (Lipinski definition) is 1. The van der Waals surface area contributed by atoms with E-state index in [0.717, 1.165) is 10.5 Å². The summed E-state index contributed by atoms with van der Waals surface area (Å²) in [5.41, 5.74) is 1.98. The Kier molecular flexibility index (Phi) is 6.46. The highest BCUT2D eigenvalue weighted by Crippen LogP contribution is 2.27. The van der Waals surface area contributed by atoms with E-state index in [4.69, 9.17) is 9.15 Å². The van der Waals surface area contributed by atoms with Crippen molar-refractivity contribution < 1.29 is 23.5 Å². The molecule has 0 saturated carbocycles. The number of ketones is 1. The summed E-state index contributed by atoms with van der Waals surface area (Å²) >= 11 is 1.45. The molecule has 1 aromatic heterocycles. The third-order valence-electron chi connectivity index (χ3n) is 4.00. The Morgan fingerprint density at radius 1 is 1.10 bits per heavy atom. The fourth-order valence-electron chi connectivity index (χ4n) is 2.60. The van der Waals surface area contributed by atoms with Crippen molar-refractivity contribution in [3.63, 3.8) is 0 Å². The van der Waals surface area contributed by atoms with Gasteiger partial charge in [0, 0.05) is 22.9 Å². The standard InChI is InChI=1S/C21H18N2O5S/c1-13(24)23-17-9-16(7-8-20(17)29-2)18(25)11-27-21(26)15-5-3-14(4-6-15)19-10-22-12-28-19/h3-10,12H,11H2,1-2H3,(H,23,24). The molecular weight excluding hydrogens is 392 g/mol. The minimum absolute atomic E-state index is 0.231. The summed E-state index contributed by atoms with van der Waals surface area (Å²) in [5, 5.41) is 2.70. The van der Waals surface area contributed by atoms with Crippen LogP contribution in [0.25, 0.3) is 11.3 Å². The number of nitrogens with one attached hydrogen (secondary N) is 1. The van der Waals surface area contributed by atoms with Crippen LogP contribution in [0.2, 0.25) is 0 Å². The van der Waals surface area contributed by atoms with Gasteiger partial charge in [-0.05, 0) is 30.5 Å². The highest BCUT2D eigenvalue weighted by Gasteiger charge is 2.14. The van der Waals surface area contributed by atoms with Gasteiger partial charge >= 0.3 is 5.97 Å². The molecule has 0 aliphatic heterocycles. The van der Waals surface area contributed by atoms with Crippen LogP contribution < -0.4 is 5.32 Å². The van der Waals surface area contributed by atoms with E-state index in [0.29, 0.717) is 22.6 Å². The number of esters is 1. The Morgan fingerprint density at radius 3 is 2.45 bits per heavy atom. The lowest BCUT2D eigenvalue weighted by Crippen LogP contribution is -2.15. The van der Waals surface area contributed by atoms with Crippen molar-refractivity contribution >= 4 is 35.1 Å². The summed E-state index contributed by atoms with van der Waals surface area (Å²) in [6.07, 6.45) is 4.77. The molecule has 2 aromatic carbocycles. The number of thioether (sulfide) groups is 1. The summed E-state index contributed by atoms with van der Waals surface area (Å²) in [6.45, 7) is 0.995. The number of benzene rings is 2. The maximum Gasteiger partial charge on any atom is 0.338 e. The summed E-state index contributed by atoms with van der Waals surface area (Å²) in [7, 11) is 0. The second-order valence-corrected chi connectivity index (χ2v) is 6.89. The predicted octanol–water partition coefficient (Wildman–Crippen LogP) is 4.06. The number of ether oxygens (including phenoxy) is 1. The van der Waals surface area contributed by atoms with Crippen LogP contribution in [0, 0.1) is 0 Å². The zero-order valence-electron chi connectivity index (χ0n) is 15.8. The lowest BCUT2D eigenvalue weighted by Gasteiger charge is -2.10. The van der Waals surface area contributed by atoms with Crippen LogP contribution in [-0.4, -0.2) is 35.5 Å². The average Bonchev–Trinajstić information content (AvgIpc) is 3.26. The van der Waals surface area contributed by atoms with Crippen LogP contribution in [-0.2, 0) is 9.53 Å². The molecule has 0 fully saturated rings. The highest BCUT2D eigenvalue weighted by atomic mass is 32.2. The molecule has 1 amide bonds. The first kappa shape index (κ1) is 20.3. The van der Waals surface area contributed by atoms with Crippen LogP contribution in [0.3, 0.4) is 0 Å². The molecule has 0 saturated heterocycles. The molecule has 8 heteroatoms. The van der Waals surface area contributed by atoms with Gasteiger partial charge in [0.25, 0.3) is 0 Å². The van der Waals surface area contributed by atoms with Crippen molar-refractivity contribution in [2.45, 2.75) is 11.8 Å². The number of rotatable bonds is 7. The van der Waals surface area contributed by atoms with E-state index in [1.54, 1.807) is 48.7 Å². The molecule has 1 N–H and O–H groups in total. The van der Waals surface area contributed by atoms with Crippen molar-refractivity contribution in [3.8, 4) is 11.3 Å². The highest BCUT2D eigenvalue weighted by molar-refractivity contribution is 7.98. The quantitative estimate of drug-likeness (QED) is 0.356. The molecule has 148 valence electrons. The zero-order valence-corrected chi connectivity index (χ0v) is 16.6. The molecule has 0 spiro atoms. The smallest absolute Gasteiger partial charge is 0.338 e. The number of amides is 1. The van der Waals surface area contributed by atoms with Gasteiger partial charge in [0.1, 0.15) is 0 Å². The third kappa shape index (κ3) is 5.11. The molecule has 0 atom stereocenters. The largest absolute Gasteiger partial charge is 0.454 e. The first-order chi connectivity index (χ1) is 14.0. The van der Waals surface area contributed by atoms with Gasteiger partial charge in [0.05, 0.1) is 17.4 Å². The first-order valence-corrected chi connectivity index (χ1v) is 9.85. The van der Waals surface area contributed by atoms with E-state index < -0.39 is 12.6 Å². The van der Waals surface area contributed by atoms with Crippen LogP contribution in [0.1, 0.15) is 27.6 Å². The third-order valence-corrected chi connectivity index (χ3v) is 4.80. The van der Waals surface area contributed by atoms with E-state index in [9.17, 15) is 14.4 Å². The molecule has 0 unspecified atom stereocenters. The van der Waals surface area contributed by atoms with Crippen molar-refractivity contribution in [1.82, 2.24) is 4.98 Å². The minimum Gasteiger partial charge on any atom is -0.454 e. The molecule has 7 nitrogen and oxygen atoms in total. The first-order valence-electron chi connectivity index (χ1n) is 8.63. The van der Waals surface area contributed by atoms with Crippen LogP contribution in [0.15, 0.2) is 64.4 Å². The van der Waals surface area contributed by atoms with Crippen molar-refractivity contribution in [1.29, 1.82) is 0 Å². The van der Waals surface area contributed by atoms with E-state index in [1.165, 1.54) is 25.1 Å². The van der Waals surface area contributed by atoms with Gasteiger partial charge in [0.15, 0.2) is 24.5 Å². The van der Waals surface area contributed by atoms with Gasteiger partial charge < -0.3 is 14.5 Å². The average molecular weight is 410 g/mol. The van der Waals surface area contributed by atoms with Gasteiger partial charge in [0.2, 0.25) is 5.91 Å². The number of carbonyl (C=O) groups is 3. The molecule has 3 rings (SSSR count). The molecular formula is C21H18N2O5S. The van der Waals surface area contributed by atoms with Gasteiger partial charge in [-0.15, -0.1) is 11.8 Å². The fourth-order valence-corrected chi connectivity index (χ4v) is 3.13. The molecule has 0 radical (unpaired) electrons. The van der Waals surface area contributed by atoms with E-state index in [-0.39, 0.29) is 11.7 Å². The zero-order chi connectivity index (χ0) is 20.8. The molecule has 3 aromatic rings. The Bertz CT molecular complexity index is 1030. The second kappa shape index (κ2) is 9.20. The summed E-state index contributed by atoms with van der Waals surface area (Å²) in [4.78, 5) is 40.7. The van der Waals surface area contributed by atoms with Crippen molar-refractivity contribution in [2.24, 2.45) is 0 Å². The monoisotopic (exact) mass is 410 g/mol.